The Morgan fingerprint density at radius 3 is 2.82 bits per heavy atom. The van der Waals surface area contributed by atoms with Crippen LogP contribution in [0.2, 0.25) is 0 Å². The highest BCUT2D eigenvalue weighted by Gasteiger charge is 2.05. The lowest BCUT2D eigenvalue weighted by atomic mass is 10.4. The minimum absolute atomic E-state index is 0.289. The molecule has 0 aliphatic heterocycles. The van der Waals surface area contributed by atoms with E-state index >= 15 is 0 Å². The van der Waals surface area contributed by atoms with Crippen LogP contribution in [0.25, 0.3) is 0 Å². The van der Waals surface area contributed by atoms with E-state index < -0.39 is 0 Å². The number of hydrogen-bond donors (Lipinski definition) is 1. The van der Waals surface area contributed by atoms with Crippen molar-refractivity contribution in [1.82, 2.24) is 20.1 Å². The molecule has 0 saturated carbocycles. The first-order chi connectivity index (χ1) is 8.25. The van der Waals surface area contributed by atoms with Crippen molar-refractivity contribution in [2.24, 2.45) is 12.0 Å². The molecule has 6 heteroatoms. The molecule has 6 nitrogen and oxygen atoms in total. The molecule has 2 rings (SSSR count). The smallest absolute Gasteiger partial charge is 0.276 e. The van der Waals surface area contributed by atoms with Crippen LogP contribution < -0.4 is 5.32 Å². The Morgan fingerprint density at radius 2 is 2.18 bits per heavy atom. The van der Waals surface area contributed by atoms with E-state index in [1.165, 1.54) is 6.34 Å². The monoisotopic (exact) mass is 229 g/mol. The van der Waals surface area contributed by atoms with Gasteiger partial charge in [-0.3, -0.25) is 14.5 Å². The molecule has 0 atom stereocenters. The molecular formula is C11H11N5O. The van der Waals surface area contributed by atoms with Crippen LogP contribution in [0.1, 0.15) is 10.5 Å². The fourth-order valence-electron chi connectivity index (χ4n) is 1.21. The maximum Gasteiger partial charge on any atom is 0.276 e. The normalized spacial score (nSPS) is 10.6. The van der Waals surface area contributed by atoms with Gasteiger partial charge in [-0.15, -0.1) is 0 Å². The number of carbonyl (C=O) groups is 1. The van der Waals surface area contributed by atoms with Crippen molar-refractivity contribution in [3.63, 3.8) is 0 Å². The van der Waals surface area contributed by atoms with Gasteiger partial charge in [-0.25, -0.2) is 4.99 Å². The third-order valence-corrected chi connectivity index (χ3v) is 2.02. The van der Waals surface area contributed by atoms with Crippen LogP contribution in [0, 0.1) is 0 Å². The topological polar surface area (TPSA) is 72.2 Å². The van der Waals surface area contributed by atoms with Crippen molar-refractivity contribution in [3.8, 4) is 0 Å². The van der Waals surface area contributed by atoms with Crippen LogP contribution in [0.3, 0.4) is 0 Å². The number of pyridine rings is 1. The second kappa shape index (κ2) is 5.02. The van der Waals surface area contributed by atoms with Crippen LogP contribution in [0.5, 0.6) is 0 Å². The van der Waals surface area contributed by atoms with Gasteiger partial charge >= 0.3 is 0 Å². The van der Waals surface area contributed by atoms with Crippen molar-refractivity contribution in [3.05, 3.63) is 42.5 Å². The number of rotatable bonds is 3. The fraction of sp³-hybridized carbons (Fsp3) is 0.0909. The highest BCUT2D eigenvalue weighted by atomic mass is 16.1. The van der Waals surface area contributed by atoms with Gasteiger partial charge in [-0.05, 0) is 18.2 Å². The average Bonchev–Trinajstić information content (AvgIpc) is 2.77. The third-order valence-electron chi connectivity index (χ3n) is 2.02. The van der Waals surface area contributed by atoms with E-state index in [9.17, 15) is 4.79 Å². The minimum Gasteiger partial charge on any atom is -0.311 e. The summed E-state index contributed by atoms with van der Waals surface area (Å²) in [7, 11) is 1.75. The molecule has 1 N–H and O–H groups in total. The fourth-order valence-corrected chi connectivity index (χ4v) is 1.21. The summed E-state index contributed by atoms with van der Waals surface area (Å²) >= 11 is 0. The maximum atomic E-state index is 11.6. The molecule has 1 amide bonds. The van der Waals surface area contributed by atoms with Crippen LogP contribution in [0.4, 0.5) is 5.69 Å². The van der Waals surface area contributed by atoms with Crippen molar-refractivity contribution in [1.29, 1.82) is 0 Å². The lowest BCUT2D eigenvalue weighted by molar-refractivity contribution is 0.0973. The number of carbonyl (C=O) groups excluding carboxylic acids is 1. The van der Waals surface area contributed by atoms with Gasteiger partial charge in [0.2, 0.25) is 0 Å². The molecule has 0 unspecified atom stereocenters. The summed E-state index contributed by atoms with van der Waals surface area (Å²) in [6.45, 7) is 0. The Kier molecular flexibility index (Phi) is 3.25. The lowest BCUT2D eigenvalue weighted by Gasteiger charge is -1.95. The molecule has 0 aliphatic carbocycles. The van der Waals surface area contributed by atoms with Gasteiger partial charge in [0.05, 0.1) is 12.0 Å². The quantitative estimate of drug-likeness (QED) is 0.628. The van der Waals surface area contributed by atoms with Crippen LogP contribution in [-0.4, -0.2) is 27.0 Å². The first-order valence-corrected chi connectivity index (χ1v) is 4.99. The van der Waals surface area contributed by atoms with Crippen molar-refractivity contribution >= 4 is 17.9 Å². The number of nitrogens with zero attached hydrogens (tertiary/aromatic N) is 4. The van der Waals surface area contributed by atoms with Gasteiger partial charge in [-0.1, -0.05) is 0 Å². The summed E-state index contributed by atoms with van der Waals surface area (Å²) in [5.41, 5.74) is 1.08. The Morgan fingerprint density at radius 1 is 1.41 bits per heavy atom. The first-order valence-electron chi connectivity index (χ1n) is 4.99. The standard InChI is InChI=1S/C11H11N5O/c1-16-7-4-10(15-16)11(17)14-8-13-9-2-5-12-6-3-9/h2-8H,1H3,(H,12,13,14,17). The van der Waals surface area contributed by atoms with Crippen LogP contribution >= 0.6 is 0 Å². The number of amides is 1. The van der Waals surface area contributed by atoms with Crippen LogP contribution in [-0.2, 0) is 7.05 Å². The Bertz CT molecular complexity index is 532. The summed E-state index contributed by atoms with van der Waals surface area (Å²) < 4.78 is 1.56. The van der Waals surface area contributed by atoms with Gasteiger partial charge < -0.3 is 5.32 Å². The predicted octanol–water partition coefficient (Wildman–Crippen LogP) is 0.905. The lowest BCUT2D eigenvalue weighted by Crippen LogP contribution is -2.22. The molecule has 2 aromatic rings. The van der Waals surface area contributed by atoms with Gasteiger partial charge in [-0.2, -0.15) is 5.10 Å². The van der Waals surface area contributed by atoms with E-state index in [0.29, 0.717) is 5.69 Å². The molecule has 0 bridgehead atoms. The molecule has 0 radical (unpaired) electrons. The summed E-state index contributed by atoms with van der Waals surface area (Å²) in [4.78, 5) is 19.5. The highest BCUT2D eigenvalue weighted by molar-refractivity contribution is 5.99. The van der Waals surface area contributed by atoms with Gasteiger partial charge in [0.25, 0.3) is 5.91 Å². The van der Waals surface area contributed by atoms with Gasteiger partial charge in [0, 0.05) is 25.6 Å². The number of nitrogens with one attached hydrogen (secondary N) is 1. The zero-order valence-corrected chi connectivity index (χ0v) is 9.24. The molecule has 0 spiro atoms. The second-order valence-electron chi connectivity index (χ2n) is 3.31. The number of aliphatic imine (C=N–C) groups is 1. The molecule has 2 heterocycles. The maximum absolute atomic E-state index is 11.6. The molecule has 0 fully saturated rings. The molecule has 0 aliphatic rings. The zero-order chi connectivity index (χ0) is 12.1. The Hall–Kier alpha value is -2.50. The molecule has 2 aromatic heterocycles. The molecule has 0 aromatic carbocycles. The largest absolute Gasteiger partial charge is 0.311 e. The van der Waals surface area contributed by atoms with E-state index in [-0.39, 0.29) is 5.91 Å². The van der Waals surface area contributed by atoms with E-state index in [4.69, 9.17) is 0 Å². The van der Waals surface area contributed by atoms with E-state index in [2.05, 4.69) is 20.4 Å². The van der Waals surface area contributed by atoms with Crippen molar-refractivity contribution in [2.45, 2.75) is 0 Å². The third kappa shape index (κ3) is 2.97. The van der Waals surface area contributed by atoms with Crippen molar-refractivity contribution < 1.29 is 4.79 Å². The predicted molar refractivity (Wildman–Crippen MR) is 63.1 cm³/mol. The van der Waals surface area contributed by atoms with E-state index in [1.54, 1.807) is 48.5 Å². The van der Waals surface area contributed by atoms with Gasteiger partial charge in [0.1, 0.15) is 0 Å². The number of hydrogen-bond acceptors (Lipinski definition) is 4. The Labute approximate surface area is 98.0 Å². The number of aryl methyl sites for hydroxylation is 1. The highest BCUT2D eigenvalue weighted by Crippen LogP contribution is 2.06. The summed E-state index contributed by atoms with van der Waals surface area (Å²) in [5, 5.41) is 6.50. The minimum atomic E-state index is -0.289. The van der Waals surface area contributed by atoms with Gasteiger partial charge in [0.15, 0.2) is 5.69 Å². The molecule has 0 saturated heterocycles. The van der Waals surface area contributed by atoms with Crippen molar-refractivity contribution in [2.75, 3.05) is 0 Å². The SMILES string of the molecule is Cn1ccc(C(=O)NC=Nc2ccncc2)n1. The Balaban J connectivity index is 1.95. The van der Waals surface area contributed by atoms with E-state index in [0.717, 1.165) is 5.69 Å². The summed E-state index contributed by atoms with van der Waals surface area (Å²) in [5.74, 6) is -0.289. The first kappa shape index (κ1) is 11.0. The molecular weight excluding hydrogens is 218 g/mol. The second-order valence-corrected chi connectivity index (χ2v) is 3.31. The zero-order valence-electron chi connectivity index (χ0n) is 9.24. The van der Waals surface area contributed by atoms with Crippen LogP contribution in [0.15, 0.2) is 41.8 Å². The summed E-state index contributed by atoms with van der Waals surface area (Å²) in [6, 6.07) is 5.11. The molecule has 17 heavy (non-hydrogen) atoms. The molecule has 86 valence electrons. The average molecular weight is 229 g/mol. The van der Waals surface area contributed by atoms with E-state index in [1.807, 2.05) is 0 Å². The summed E-state index contributed by atoms with van der Waals surface area (Å²) in [6.07, 6.45) is 6.31. The number of aromatic nitrogens is 3.